The van der Waals surface area contributed by atoms with Gasteiger partial charge in [0, 0.05) is 5.57 Å². The van der Waals surface area contributed by atoms with Crippen molar-refractivity contribution in [1.29, 1.82) is 0 Å². The van der Waals surface area contributed by atoms with Crippen LogP contribution in [-0.4, -0.2) is 5.91 Å². The van der Waals surface area contributed by atoms with Crippen molar-refractivity contribution in [3.05, 3.63) is 11.6 Å². The predicted molar refractivity (Wildman–Crippen MR) is 44.8 cm³/mol. The third-order valence-electron chi connectivity index (χ3n) is 2.27. The minimum Gasteiger partial charge on any atom is -0.366 e. The van der Waals surface area contributed by atoms with Crippen molar-refractivity contribution >= 4 is 5.91 Å². The number of nitrogens with two attached hydrogens (primary N) is 1. The molecule has 2 heteroatoms. The quantitative estimate of drug-likeness (QED) is 0.613. The van der Waals surface area contributed by atoms with E-state index in [1.165, 1.54) is 12.8 Å². The van der Waals surface area contributed by atoms with E-state index in [4.69, 9.17) is 5.73 Å². The third kappa shape index (κ3) is 2.37. The molecule has 0 bridgehead atoms. The Balaban J connectivity index is 2.48. The average Bonchev–Trinajstić information content (AvgIpc) is 2.67. The minimum atomic E-state index is -0.294. The molecule has 0 spiro atoms. The number of hydrogen-bond donors (Lipinski definition) is 1. The second-order valence-electron chi connectivity index (χ2n) is 3.41. The first-order chi connectivity index (χ1) is 5.11. The van der Waals surface area contributed by atoms with E-state index in [1.807, 2.05) is 6.08 Å². The summed E-state index contributed by atoms with van der Waals surface area (Å²) < 4.78 is 0. The Hall–Kier alpha value is -0.790. The molecule has 0 aliphatic heterocycles. The lowest BCUT2D eigenvalue weighted by atomic mass is 10.0. The third-order valence-corrected chi connectivity index (χ3v) is 2.27. The van der Waals surface area contributed by atoms with E-state index in [-0.39, 0.29) is 5.91 Å². The van der Waals surface area contributed by atoms with Crippen LogP contribution >= 0.6 is 0 Å². The molecule has 1 aliphatic carbocycles. The van der Waals surface area contributed by atoms with Gasteiger partial charge in [0.15, 0.2) is 0 Å². The molecule has 1 atom stereocenters. The second-order valence-corrected chi connectivity index (χ2v) is 3.41. The van der Waals surface area contributed by atoms with Gasteiger partial charge in [-0.1, -0.05) is 13.0 Å². The van der Waals surface area contributed by atoms with Crippen molar-refractivity contribution in [2.75, 3.05) is 0 Å². The molecule has 1 fully saturated rings. The standard InChI is InChI=1S/C9H15NO/c1-6(8-3-4-8)5-7(2)9(10)11/h5-6,8H,3-4H2,1-2H3,(H2,10,11)/b7-5+. The molecule has 1 saturated carbocycles. The van der Waals surface area contributed by atoms with Crippen LogP contribution in [0.2, 0.25) is 0 Å². The van der Waals surface area contributed by atoms with Crippen LogP contribution < -0.4 is 5.73 Å². The molecule has 62 valence electrons. The van der Waals surface area contributed by atoms with Gasteiger partial charge in [0.2, 0.25) is 5.91 Å². The zero-order valence-corrected chi connectivity index (χ0v) is 7.13. The van der Waals surface area contributed by atoms with E-state index in [2.05, 4.69) is 6.92 Å². The summed E-state index contributed by atoms with van der Waals surface area (Å²) >= 11 is 0. The van der Waals surface area contributed by atoms with E-state index in [0.717, 1.165) is 5.92 Å². The van der Waals surface area contributed by atoms with E-state index in [9.17, 15) is 4.79 Å². The van der Waals surface area contributed by atoms with E-state index < -0.39 is 0 Å². The fraction of sp³-hybridized carbons (Fsp3) is 0.667. The van der Waals surface area contributed by atoms with Gasteiger partial charge in [0.05, 0.1) is 0 Å². The van der Waals surface area contributed by atoms with Crippen molar-refractivity contribution < 1.29 is 4.79 Å². The van der Waals surface area contributed by atoms with E-state index in [0.29, 0.717) is 11.5 Å². The monoisotopic (exact) mass is 153 g/mol. The lowest BCUT2D eigenvalue weighted by Crippen LogP contribution is -2.12. The Morgan fingerprint density at radius 3 is 2.55 bits per heavy atom. The molecular formula is C9H15NO. The Kier molecular flexibility index (Phi) is 2.32. The van der Waals surface area contributed by atoms with Gasteiger partial charge in [0.25, 0.3) is 0 Å². The Bertz CT molecular complexity index is 192. The first kappa shape index (κ1) is 8.31. The molecule has 0 heterocycles. The number of amides is 1. The summed E-state index contributed by atoms with van der Waals surface area (Å²) in [7, 11) is 0. The molecule has 1 unspecified atom stereocenters. The fourth-order valence-electron chi connectivity index (χ4n) is 1.23. The number of carbonyl (C=O) groups is 1. The van der Waals surface area contributed by atoms with Crippen LogP contribution in [0.5, 0.6) is 0 Å². The summed E-state index contributed by atoms with van der Waals surface area (Å²) in [6.07, 6.45) is 4.60. The summed E-state index contributed by atoms with van der Waals surface area (Å²) in [4.78, 5) is 10.6. The first-order valence-electron chi connectivity index (χ1n) is 4.09. The van der Waals surface area contributed by atoms with Gasteiger partial charge < -0.3 is 5.73 Å². The molecular weight excluding hydrogens is 138 g/mol. The van der Waals surface area contributed by atoms with Crippen LogP contribution in [0.25, 0.3) is 0 Å². The van der Waals surface area contributed by atoms with Gasteiger partial charge >= 0.3 is 0 Å². The summed E-state index contributed by atoms with van der Waals surface area (Å²) in [5.41, 5.74) is 5.80. The predicted octanol–water partition coefficient (Wildman–Crippen LogP) is 1.46. The highest BCUT2D eigenvalue weighted by molar-refractivity contribution is 5.91. The molecule has 1 amide bonds. The van der Waals surface area contributed by atoms with Crippen molar-refractivity contribution in [3.8, 4) is 0 Å². The Labute approximate surface area is 67.5 Å². The van der Waals surface area contributed by atoms with Crippen LogP contribution in [0.4, 0.5) is 0 Å². The van der Waals surface area contributed by atoms with Crippen molar-refractivity contribution in [3.63, 3.8) is 0 Å². The maximum atomic E-state index is 10.6. The molecule has 0 aromatic rings. The number of hydrogen-bond acceptors (Lipinski definition) is 1. The van der Waals surface area contributed by atoms with Crippen molar-refractivity contribution in [1.82, 2.24) is 0 Å². The smallest absolute Gasteiger partial charge is 0.244 e. The summed E-state index contributed by atoms with van der Waals surface area (Å²) in [5, 5.41) is 0. The number of rotatable bonds is 3. The molecule has 0 saturated heterocycles. The molecule has 1 rings (SSSR count). The van der Waals surface area contributed by atoms with Crippen LogP contribution in [0.15, 0.2) is 11.6 Å². The topological polar surface area (TPSA) is 43.1 Å². The summed E-state index contributed by atoms with van der Waals surface area (Å²) in [6.45, 7) is 3.92. The molecule has 0 radical (unpaired) electrons. The van der Waals surface area contributed by atoms with E-state index in [1.54, 1.807) is 6.92 Å². The highest BCUT2D eigenvalue weighted by Gasteiger charge is 2.26. The lowest BCUT2D eigenvalue weighted by Gasteiger charge is -2.03. The van der Waals surface area contributed by atoms with Gasteiger partial charge in [-0.05, 0) is 31.6 Å². The van der Waals surface area contributed by atoms with Gasteiger partial charge in [-0.25, -0.2) is 0 Å². The molecule has 0 aromatic heterocycles. The fourth-order valence-corrected chi connectivity index (χ4v) is 1.23. The van der Waals surface area contributed by atoms with Crippen LogP contribution in [0.3, 0.4) is 0 Å². The van der Waals surface area contributed by atoms with Gasteiger partial charge in [-0.15, -0.1) is 0 Å². The lowest BCUT2D eigenvalue weighted by molar-refractivity contribution is -0.114. The summed E-state index contributed by atoms with van der Waals surface area (Å²) in [5.74, 6) is 1.05. The number of primary amides is 1. The first-order valence-corrected chi connectivity index (χ1v) is 4.09. The molecule has 2 nitrogen and oxygen atoms in total. The van der Waals surface area contributed by atoms with Crippen molar-refractivity contribution in [2.24, 2.45) is 17.6 Å². The zero-order chi connectivity index (χ0) is 8.43. The van der Waals surface area contributed by atoms with Gasteiger partial charge in [-0.3, -0.25) is 4.79 Å². The molecule has 2 N–H and O–H groups in total. The molecule has 11 heavy (non-hydrogen) atoms. The van der Waals surface area contributed by atoms with E-state index >= 15 is 0 Å². The average molecular weight is 153 g/mol. The normalized spacial score (nSPS) is 21.5. The SMILES string of the molecule is C/C(=C\C(C)C1CC1)C(N)=O. The number of carbonyl (C=O) groups excluding carboxylic acids is 1. The minimum absolute atomic E-state index is 0.294. The zero-order valence-electron chi connectivity index (χ0n) is 7.13. The van der Waals surface area contributed by atoms with Crippen LogP contribution in [0.1, 0.15) is 26.7 Å². The maximum Gasteiger partial charge on any atom is 0.244 e. The Morgan fingerprint density at radius 2 is 2.18 bits per heavy atom. The highest BCUT2D eigenvalue weighted by Crippen LogP contribution is 2.37. The molecule has 1 aliphatic rings. The highest BCUT2D eigenvalue weighted by atomic mass is 16.1. The number of allylic oxidation sites excluding steroid dienone is 1. The van der Waals surface area contributed by atoms with Crippen LogP contribution in [-0.2, 0) is 4.79 Å². The second kappa shape index (κ2) is 3.07. The maximum absolute atomic E-state index is 10.6. The van der Waals surface area contributed by atoms with Gasteiger partial charge in [-0.2, -0.15) is 0 Å². The Morgan fingerprint density at radius 1 is 1.64 bits per heavy atom. The largest absolute Gasteiger partial charge is 0.366 e. The summed E-state index contributed by atoms with van der Waals surface area (Å²) in [6, 6.07) is 0. The molecule has 0 aromatic carbocycles. The van der Waals surface area contributed by atoms with Crippen molar-refractivity contribution in [2.45, 2.75) is 26.7 Å². The van der Waals surface area contributed by atoms with Gasteiger partial charge in [0.1, 0.15) is 0 Å². The van der Waals surface area contributed by atoms with Crippen LogP contribution in [0, 0.1) is 11.8 Å².